The average Bonchev–Trinajstić information content (AvgIpc) is 2.70. The fourth-order valence-corrected chi connectivity index (χ4v) is 5.51. The highest BCUT2D eigenvalue weighted by Crippen LogP contribution is 2.35. The van der Waals surface area contributed by atoms with Crippen LogP contribution in [0.4, 0.5) is 5.69 Å². The molecule has 1 amide bonds. The third-order valence-corrected chi connectivity index (χ3v) is 7.48. The number of rotatable bonds is 7. The van der Waals surface area contributed by atoms with Crippen molar-refractivity contribution < 1.29 is 17.9 Å². The van der Waals surface area contributed by atoms with Crippen LogP contribution >= 0.6 is 11.8 Å². The van der Waals surface area contributed by atoms with Gasteiger partial charge in [0, 0.05) is 17.0 Å². The number of carbonyl (C=O) groups is 1. The molecule has 0 saturated carbocycles. The minimum absolute atomic E-state index is 0.0512. The number of hydrogen-bond donors (Lipinski definition) is 1. The van der Waals surface area contributed by atoms with E-state index in [4.69, 9.17) is 4.74 Å². The van der Waals surface area contributed by atoms with Crippen molar-refractivity contribution in [1.82, 2.24) is 5.32 Å². The molecule has 2 aromatic carbocycles. The normalized spacial score (nSPS) is 16.5. The summed E-state index contributed by atoms with van der Waals surface area (Å²) in [4.78, 5) is 12.7. The molecule has 2 aromatic rings. The lowest BCUT2D eigenvalue weighted by Gasteiger charge is -2.34. The van der Waals surface area contributed by atoms with E-state index in [0.29, 0.717) is 23.5 Å². The van der Waals surface area contributed by atoms with Gasteiger partial charge in [0.25, 0.3) is 5.91 Å². The molecule has 1 heterocycles. The summed E-state index contributed by atoms with van der Waals surface area (Å²) in [6.45, 7) is 6.81. The zero-order valence-corrected chi connectivity index (χ0v) is 19.1. The summed E-state index contributed by atoms with van der Waals surface area (Å²) in [6.07, 6.45) is -0.898. The van der Waals surface area contributed by atoms with Crippen LogP contribution in [0.3, 0.4) is 0 Å². The predicted molar refractivity (Wildman–Crippen MR) is 122 cm³/mol. The molecule has 1 aliphatic rings. The number of benzene rings is 2. The lowest BCUT2D eigenvalue weighted by Crippen LogP contribution is -2.51. The van der Waals surface area contributed by atoms with Gasteiger partial charge in [-0.3, -0.25) is 9.10 Å². The maximum Gasteiger partial charge on any atom is 0.263 e. The quantitative estimate of drug-likeness (QED) is 0.657. The highest BCUT2D eigenvalue weighted by atomic mass is 32.2. The molecule has 30 heavy (non-hydrogen) atoms. The van der Waals surface area contributed by atoms with Crippen molar-refractivity contribution in [2.45, 2.75) is 37.4 Å². The van der Waals surface area contributed by atoms with Crippen molar-refractivity contribution in [1.29, 1.82) is 0 Å². The van der Waals surface area contributed by atoms with Gasteiger partial charge < -0.3 is 10.1 Å². The number of nitrogens with zero attached hydrogens (tertiary/aromatic N) is 1. The van der Waals surface area contributed by atoms with Gasteiger partial charge in [-0.1, -0.05) is 63.2 Å². The Bertz CT molecular complexity index is 972. The molecule has 1 unspecified atom stereocenters. The second kappa shape index (κ2) is 9.31. The van der Waals surface area contributed by atoms with Gasteiger partial charge in [-0.15, -0.1) is 0 Å². The van der Waals surface area contributed by atoms with Gasteiger partial charge in [-0.05, 0) is 17.7 Å². The minimum Gasteiger partial charge on any atom is -0.476 e. The lowest BCUT2D eigenvalue weighted by atomic mass is 10.2. The van der Waals surface area contributed by atoms with Crippen molar-refractivity contribution in [3.63, 3.8) is 0 Å². The number of nitrogens with one attached hydrogen (secondary N) is 1. The first-order chi connectivity index (χ1) is 14.2. The Kier molecular flexibility index (Phi) is 6.98. The SMILES string of the molecule is CC(C)(C)SCCNC(=O)C1CN(S(=O)(=O)Cc2ccccc2)c2ccccc2O1. The molecule has 0 bridgehead atoms. The van der Waals surface area contributed by atoms with Crippen LogP contribution in [0.15, 0.2) is 54.6 Å². The molecule has 6 nitrogen and oxygen atoms in total. The second-order valence-electron chi connectivity index (χ2n) is 8.10. The van der Waals surface area contributed by atoms with Crippen molar-refractivity contribution in [3.8, 4) is 5.75 Å². The Morgan fingerprint density at radius 3 is 2.50 bits per heavy atom. The summed E-state index contributed by atoms with van der Waals surface area (Å²) in [5.41, 5.74) is 1.16. The highest BCUT2D eigenvalue weighted by molar-refractivity contribution is 8.00. The predicted octanol–water partition coefficient (Wildman–Crippen LogP) is 3.43. The third kappa shape index (κ3) is 5.92. The Hall–Kier alpha value is -2.19. The molecular weight excluding hydrogens is 420 g/mol. The maximum absolute atomic E-state index is 13.2. The lowest BCUT2D eigenvalue weighted by molar-refractivity contribution is -0.127. The number of thioether (sulfide) groups is 1. The Labute approximate surface area is 183 Å². The first-order valence-electron chi connectivity index (χ1n) is 9.87. The number of para-hydroxylation sites is 2. The van der Waals surface area contributed by atoms with Crippen LogP contribution in [0.25, 0.3) is 0 Å². The van der Waals surface area contributed by atoms with Crippen LogP contribution in [0.5, 0.6) is 5.75 Å². The molecule has 1 aliphatic heterocycles. The molecule has 0 aromatic heterocycles. The second-order valence-corrected chi connectivity index (χ2v) is 11.9. The number of carbonyl (C=O) groups excluding carboxylic acids is 1. The van der Waals surface area contributed by atoms with Crippen LogP contribution in [-0.2, 0) is 20.6 Å². The van der Waals surface area contributed by atoms with E-state index in [0.717, 1.165) is 5.75 Å². The fraction of sp³-hybridized carbons (Fsp3) is 0.409. The van der Waals surface area contributed by atoms with E-state index in [1.54, 1.807) is 48.2 Å². The monoisotopic (exact) mass is 448 g/mol. The standard InChI is InChI=1S/C22H28N2O4S2/c1-22(2,3)29-14-13-23-21(25)20-15-24(18-11-7-8-12-19(18)28-20)30(26,27)16-17-9-5-4-6-10-17/h4-12,20H,13-16H2,1-3H3,(H,23,25). The van der Waals surface area contributed by atoms with Crippen molar-refractivity contribution in [2.75, 3.05) is 23.1 Å². The highest BCUT2D eigenvalue weighted by Gasteiger charge is 2.36. The molecule has 3 rings (SSSR count). The molecule has 8 heteroatoms. The molecule has 0 spiro atoms. The van der Waals surface area contributed by atoms with E-state index < -0.39 is 16.1 Å². The summed E-state index contributed by atoms with van der Waals surface area (Å²) in [5, 5.41) is 2.87. The smallest absolute Gasteiger partial charge is 0.263 e. The van der Waals surface area contributed by atoms with Gasteiger partial charge >= 0.3 is 0 Å². The number of amides is 1. The van der Waals surface area contributed by atoms with Crippen LogP contribution < -0.4 is 14.4 Å². The molecular formula is C22H28N2O4S2. The number of sulfonamides is 1. The summed E-state index contributed by atoms with van der Waals surface area (Å²) in [5.74, 6) is 0.719. The van der Waals surface area contributed by atoms with Gasteiger partial charge in [0.2, 0.25) is 10.0 Å². The van der Waals surface area contributed by atoms with E-state index in [-0.39, 0.29) is 23.0 Å². The fourth-order valence-electron chi connectivity index (χ4n) is 3.11. The van der Waals surface area contributed by atoms with E-state index in [1.165, 1.54) is 4.31 Å². The van der Waals surface area contributed by atoms with Crippen molar-refractivity contribution >= 4 is 33.4 Å². The summed E-state index contributed by atoms with van der Waals surface area (Å²) in [6, 6.07) is 15.9. The summed E-state index contributed by atoms with van der Waals surface area (Å²) in [7, 11) is -3.69. The van der Waals surface area contributed by atoms with Gasteiger partial charge in [-0.2, -0.15) is 11.8 Å². The van der Waals surface area contributed by atoms with Gasteiger partial charge in [0.15, 0.2) is 6.10 Å². The summed E-state index contributed by atoms with van der Waals surface area (Å²) < 4.78 is 33.6. The van der Waals surface area contributed by atoms with Crippen LogP contribution in [-0.4, -0.2) is 44.0 Å². The minimum atomic E-state index is -3.69. The average molecular weight is 449 g/mol. The topological polar surface area (TPSA) is 75.7 Å². The number of anilines is 1. The molecule has 0 radical (unpaired) electrons. The number of ether oxygens (including phenoxy) is 1. The summed E-state index contributed by atoms with van der Waals surface area (Å²) >= 11 is 1.75. The number of fused-ring (bicyclic) bond motifs is 1. The molecule has 0 fully saturated rings. The van der Waals surface area contributed by atoms with Crippen LogP contribution in [0, 0.1) is 0 Å². The number of hydrogen-bond acceptors (Lipinski definition) is 5. The Morgan fingerprint density at radius 2 is 1.80 bits per heavy atom. The van der Waals surface area contributed by atoms with Crippen LogP contribution in [0.1, 0.15) is 26.3 Å². The molecule has 0 saturated heterocycles. The zero-order chi connectivity index (χ0) is 21.8. The maximum atomic E-state index is 13.2. The van der Waals surface area contributed by atoms with Crippen molar-refractivity contribution in [3.05, 3.63) is 60.2 Å². The first-order valence-corrected chi connectivity index (χ1v) is 12.5. The van der Waals surface area contributed by atoms with Gasteiger partial charge in [0.05, 0.1) is 18.0 Å². The van der Waals surface area contributed by atoms with E-state index in [2.05, 4.69) is 26.1 Å². The molecule has 1 atom stereocenters. The van der Waals surface area contributed by atoms with E-state index in [1.807, 2.05) is 18.2 Å². The third-order valence-electron chi connectivity index (χ3n) is 4.49. The Morgan fingerprint density at radius 1 is 1.13 bits per heavy atom. The van der Waals surface area contributed by atoms with E-state index in [9.17, 15) is 13.2 Å². The van der Waals surface area contributed by atoms with E-state index >= 15 is 0 Å². The Balaban J connectivity index is 1.74. The molecule has 0 aliphatic carbocycles. The van der Waals surface area contributed by atoms with Crippen molar-refractivity contribution in [2.24, 2.45) is 0 Å². The van der Waals surface area contributed by atoms with Gasteiger partial charge in [0.1, 0.15) is 5.75 Å². The zero-order valence-electron chi connectivity index (χ0n) is 17.5. The molecule has 162 valence electrons. The largest absolute Gasteiger partial charge is 0.476 e. The van der Waals surface area contributed by atoms with Gasteiger partial charge in [-0.25, -0.2) is 8.42 Å². The molecule has 1 N–H and O–H groups in total. The first kappa shape index (κ1) is 22.5. The van der Waals surface area contributed by atoms with Crippen LogP contribution in [0.2, 0.25) is 0 Å².